The number of anilines is 1. The van der Waals surface area contributed by atoms with Gasteiger partial charge in [0.15, 0.2) is 0 Å². The van der Waals surface area contributed by atoms with E-state index in [-0.39, 0.29) is 17.1 Å². The molecule has 1 amide bonds. The van der Waals surface area contributed by atoms with Crippen LogP contribution in [0.3, 0.4) is 0 Å². The molecule has 2 nitrogen and oxygen atoms in total. The second-order valence-corrected chi connectivity index (χ2v) is 6.99. The molecule has 3 heteroatoms. The van der Waals surface area contributed by atoms with Crippen LogP contribution in [0.25, 0.3) is 11.1 Å². The molecule has 0 bridgehead atoms. The molecule has 0 atom stereocenters. The van der Waals surface area contributed by atoms with E-state index in [9.17, 15) is 9.18 Å². The number of carbonyl (C=O) groups is 1. The third-order valence-electron chi connectivity index (χ3n) is 4.64. The van der Waals surface area contributed by atoms with E-state index in [1.807, 2.05) is 31.2 Å². The van der Waals surface area contributed by atoms with Crippen molar-refractivity contribution < 1.29 is 9.18 Å². The summed E-state index contributed by atoms with van der Waals surface area (Å²) < 4.78 is 14.3. The van der Waals surface area contributed by atoms with Crippen molar-refractivity contribution in [3.63, 3.8) is 0 Å². The highest BCUT2D eigenvalue weighted by Crippen LogP contribution is 2.45. The van der Waals surface area contributed by atoms with Crippen LogP contribution in [0.15, 0.2) is 42.5 Å². The molecule has 2 aromatic rings. The maximum atomic E-state index is 14.3. The van der Waals surface area contributed by atoms with Gasteiger partial charge in [0.1, 0.15) is 5.82 Å². The molecule has 3 rings (SSSR count). The largest absolute Gasteiger partial charge is 0.326 e. The van der Waals surface area contributed by atoms with Crippen LogP contribution < -0.4 is 5.32 Å². The molecule has 23 heavy (non-hydrogen) atoms. The number of nitrogens with one attached hydrogen (secondary N) is 1. The lowest BCUT2D eigenvalue weighted by Crippen LogP contribution is -2.21. The van der Waals surface area contributed by atoms with Gasteiger partial charge >= 0.3 is 0 Å². The van der Waals surface area contributed by atoms with Crippen LogP contribution in [-0.2, 0) is 4.79 Å². The van der Waals surface area contributed by atoms with Gasteiger partial charge in [0.05, 0.1) is 0 Å². The highest BCUT2D eigenvalue weighted by atomic mass is 19.1. The van der Waals surface area contributed by atoms with Crippen molar-refractivity contribution in [3.8, 4) is 11.1 Å². The van der Waals surface area contributed by atoms with E-state index in [2.05, 4.69) is 19.2 Å². The van der Waals surface area contributed by atoms with Gasteiger partial charge in [-0.05, 0) is 48.1 Å². The van der Waals surface area contributed by atoms with E-state index in [0.29, 0.717) is 17.2 Å². The maximum absolute atomic E-state index is 14.3. The van der Waals surface area contributed by atoms with Crippen LogP contribution in [0, 0.1) is 11.2 Å². The highest BCUT2D eigenvalue weighted by Gasteiger charge is 2.44. The summed E-state index contributed by atoms with van der Waals surface area (Å²) in [5, 5.41) is 2.91. The van der Waals surface area contributed by atoms with Crippen molar-refractivity contribution in [2.24, 2.45) is 5.41 Å². The first kappa shape index (κ1) is 15.7. The highest BCUT2D eigenvalue weighted by molar-refractivity contribution is 5.97. The summed E-state index contributed by atoms with van der Waals surface area (Å²) in [6.07, 6.45) is 1.84. The molecule has 0 saturated heterocycles. The quantitative estimate of drug-likeness (QED) is 0.809. The monoisotopic (exact) mass is 311 g/mol. The van der Waals surface area contributed by atoms with E-state index >= 15 is 0 Å². The number of amides is 1. The Labute approximate surface area is 136 Å². The SMILES string of the molecule is CC(C)c1cccc(-c2cc(NC(=O)C3(C)CC3)ccc2F)c1. The molecule has 1 aliphatic rings. The third-order valence-corrected chi connectivity index (χ3v) is 4.64. The molecule has 1 fully saturated rings. The molecule has 0 unspecified atom stereocenters. The summed E-state index contributed by atoms with van der Waals surface area (Å²) in [6, 6.07) is 12.7. The smallest absolute Gasteiger partial charge is 0.230 e. The first-order valence-electron chi connectivity index (χ1n) is 8.10. The molecule has 120 valence electrons. The predicted octanol–water partition coefficient (Wildman–Crippen LogP) is 5.35. The van der Waals surface area contributed by atoms with E-state index in [4.69, 9.17) is 0 Å². The van der Waals surface area contributed by atoms with E-state index in [1.165, 1.54) is 11.6 Å². The van der Waals surface area contributed by atoms with Crippen LogP contribution in [0.5, 0.6) is 0 Å². The van der Waals surface area contributed by atoms with Crippen LogP contribution in [0.2, 0.25) is 0 Å². The summed E-state index contributed by atoms with van der Waals surface area (Å²) >= 11 is 0. The van der Waals surface area contributed by atoms with Crippen molar-refractivity contribution in [2.45, 2.75) is 39.5 Å². The van der Waals surface area contributed by atoms with Gasteiger partial charge in [0.2, 0.25) is 5.91 Å². The Kier molecular flexibility index (Phi) is 3.97. The van der Waals surface area contributed by atoms with Gasteiger partial charge in [-0.25, -0.2) is 4.39 Å². The minimum absolute atomic E-state index is 0.0194. The Balaban J connectivity index is 1.91. The number of hydrogen-bond donors (Lipinski definition) is 1. The van der Waals surface area contributed by atoms with Gasteiger partial charge in [0, 0.05) is 16.7 Å². The molecular weight excluding hydrogens is 289 g/mol. The first-order chi connectivity index (χ1) is 10.9. The Morgan fingerprint density at radius 1 is 1.17 bits per heavy atom. The van der Waals surface area contributed by atoms with Crippen molar-refractivity contribution in [1.82, 2.24) is 0 Å². The molecule has 2 aromatic carbocycles. The normalized spacial score (nSPS) is 15.5. The zero-order chi connectivity index (χ0) is 16.6. The number of hydrogen-bond acceptors (Lipinski definition) is 1. The standard InChI is InChI=1S/C20H22FNO/c1-13(2)14-5-4-6-15(11-14)17-12-16(7-8-18(17)21)22-19(23)20(3)9-10-20/h4-8,11-13H,9-10H2,1-3H3,(H,22,23). The lowest BCUT2D eigenvalue weighted by molar-refractivity contribution is -0.120. The number of rotatable bonds is 4. The summed E-state index contributed by atoms with van der Waals surface area (Å²) in [7, 11) is 0. The Hall–Kier alpha value is -2.16. The number of benzene rings is 2. The Morgan fingerprint density at radius 3 is 2.57 bits per heavy atom. The van der Waals surface area contributed by atoms with E-state index in [0.717, 1.165) is 18.4 Å². The van der Waals surface area contributed by atoms with Crippen LogP contribution in [-0.4, -0.2) is 5.91 Å². The molecule has 0 heterocycles. The van der Waals surface area contributed by atoms with Gasteiger partial charge in [-0.2, -0.15) is 0 Å². The van der Waals surface area contributed by atoms with Gasteiger partial charge < -0.3 is 5.32 Å². The first-order valence-corrected chi connectivity index (χ1v) is 8.10. The minimum Gasteiger partial charge on any atom is -0.326 e. The minimum atomic E-state index is -0.276. The Morgan fingerprint density at radius 2 is 1.91 bits per heavy atom. The van der Waals surface area contributed by atoms with Crippen molar-refractivity contribution >= 4 is 11.6 Å². The predicted molar refractivity (Wildman–Crippen MR) is 91.9 cm³/mol. The fourth-order valence-corrected chi connectivity index (χ4v) is 2.59. The zero-order valence-corrected chi connectivity index (χ0v) is 13.8. The number of halogens is 1. The van der Waals surface area contributed by atoms with Gasteiger partial charge in [-0.1, -0.05) is 45.0 Å². The zero-order valence-electron chi connectivity index (χ0n) is 13.8. The molecule has 1 N–H and O–H groups in total. The molecule has 0 aliphatic heterocycles. The van der Waals surface area contributed by atoms with Crippen LogP contribution in [0.4, 0.5) is 10.1 Å². The summed E-state index contributed by atoms with van der Waals surface area (Å²) in [6.45, 7) is 6.18. The van der Waals surface area contributed by atoms with Gasteiger partial charge in [-0.15, -0.1) is 0 Å². The fourth-order valence-electron chi connectivity index (χ4n) is 2.59. The topological polar surface area (TPSA) is 29.1 Å². The molecule has 0 radical (unpaired) electrons. The summed E-state index contributed by atoms with van der Waals surface area (Å²) in [5.41, 5.74) is 2.93. The molecule has 0 aromatic heterocycles. The molecule has 1 aliphatic carbocycles. The van der Waals surface area contributed by atoms with E-state index in [1.54, 1.807) is 12.1 Å². The van der Waals surface area contributed by atoms with Crippen molar-refractivity contribution in [1.29, 1.82) is 0 Å². The second kappa shape index (κ2) is 5.80. The van der Waals surface area contributed by atoms with Gasteiger partial charge in [-0.3, -0.25) is 4.79 Å². The average molecular weight is 311 g/mol. The third kappa shape index (κ3) is 3.29. The van der Waals surface area contributed by atoms with Crippen LogP contribution in [0.1, 0.15) is 45.1 Å². The summed E-state index contributed by atoms with van der Waals surface area (Å²) in [5.74, 6) is 0.128. The molecule has 1 saturated carbocycles. The fraction of sp³-hybridized carbons (Fsp3) is 0.350. The average Bonchev–Trinajstić information content (AvgIpc) is 3.28. The lowest BCUT2D eigenvalue weighted by Gasteiger charge is -2.13. The van der Waals surface area contributed by atoms with E-state index < -0.39 is 0 Å². The van der Waals surface area contributed by atoms with Crippen molar-refractivity contribution in [3.05, 3.63) is 53.8 Å². The second-order valence-electron chi connectivity index (χ2n) is 6.99. The summed E-state index contributed by atoms with van der Waals surface area (Å²) in [4.78, 5) is 12.2. The molecule has 0 spiro atoms. The Bertz CT molecular complexity index is 747. The van der Waals surface area contributed by atoms with Crippen molar-refractivity contribution in [2.75, 3.05) is 5.32 Å². The van der Waals surface area contributed by atoms with Gasteiger partial charge in [0.25, 0.3) is 0 Å². The maximum Gasteiger partial charge on any atom is 0.230 e. The van der Waals surface area contributed by atoms with Crippen LogP contribution >= 0.6 is 0 Å². The lowest BCUT2D eigenvalue weighted by atomic mass is 9.97. The number of carbonyl (C=O) groups excluding carboxylic acids is 1. The molecular formula is C20H22FNO.